The first kappa shape index (κ1) is 26.3. The van der Waals surface area contributed by atoms with Gasteiger partial charge in [0.2, 0.25) is 11.7 Å². The summed E-state index contributed by atoms with van der Waals surface area (Å²) in [6.45, 7) is 1.89. The van der Waals surface area contributed by atoms with Gasteiger partial charge in [-0.1, -0.05) is 40.6 Å². The summed E-state index contributed by atoms with van der Waals surface area (Å²) >= 11 is 1.22. The van der Waals surface area contributed by atoms with Crippen molar-refractivity contribution in [2.45, 2.75) is 20.0 Å². The zero-order chi connectivity index (χ0) is 27.8. The van der Waals surface area contributed by atoms with Gasteiger partial charge in [0.05, 0.1) is 17.4 Å². The number of nitrogens with zero attached hydrogens (tertiary/aromatic N) is 6. The molecular weight excluding hydrogens is 526 g/mol. The number of fused-ring (bicyclic) bond motifs is 1. The Morgan fingerprint density at radius 2 is 1.69 bits per heavy atom. The Bertz CT molecular complexity index is 1770. The van der Waals surface area contributed by atoms with Crippen LogP contribution in [-0.4, -0.2) is 45.7 Å². The molecule has 0 aliphatic carbocycles. The lowest BCUT2D eigenvalue weighted by molar-refractivity contribution is -0.675. The summed E-state index contributed by atoms with van der Waals surface area (Å²) in [4.78, 5) is 30.8. The minimum absolute atomic E-state index is 0.0701. The minimum Gasteiger partial charge on any atom is -0.480 e. The first-order chi connectivity index (χ1) is 18.7. The lowest BCUT2D eigenvalue weighted by atomic mass is 10.1. The second kappa shape index (κ2) is 10.5. The molecular formula is C27H25F2N6O3S+. The van der Waals surface area contributed by atoms with Crippen LogP contribution in [0.15, 0.2) is 59.4 Å². The predicted octanol–water partition coefficient (Wildman–Crippen LogP) is 3.93. The van der Waals surface area contributed by atoms with E-state index in [0.717, 1.165) is 37.5 Å². The largest absolute Gasteiger partial charge is 0.480 e. The number of halogens is 2. The first-order valence-electron chi connectivity index (χ1n) is 12.0. The van der Waals surface area contributed by atoms with E-state index in [9.17, 15) is 18.5 Å². The molecule has 0 saturated carbocycles. The highest BCUT2D eigenvalue weighted by Crippen LogP contribution is 2.38. The fraction of sp³-hybridized carbons (Fsp3) is 0.222. The Labute approximate surface area is 225 Å². The van der Waals surface area contributed by atoms with Crippen LogP contribution in [0.1, 0.15) is 16.7 Å². The molecule has 0 fully saturated rings. The fourth-order valence-corrected chi connectivity index (χ4v) is 5.61. The van der Waals surface area contributed by atoms with Crippen LogP contribution in [0.2, 0.25) is 0 Å². The van der Waals surface area contributed by atoms with E-state index < -0.39 is 23.7 Å². The Hall–Kier alpha value is -4.29. The van der Waals surface area contributed by atoms with Crippen LogP contribution in [0.25, 0.3) is 26.5 Å². The van der Waals surface area contributed by atoms with Crippen molar-refractivity contribution in [3.05, 3.63) is 98.2 Å². The van der Waals surface area contributed by atoms with Crippen LogP contribution in [0, 0.1) is 23.5 Å². The molecule has 3 heterocycles. The molecule has 0 N–H and O–H groups in total. The molecule has 3 aromatic heterocycles. The SMILES string of the molecule is COc1ccc(-n2c(=O)c3c(CN(C)C)c(-c4ccc(C)cc4)sc3n(Cc3c(F)cccc3F)[n+]2=O)nn1. The van der Waals surface area contributed by atoms with E-state index in [1.807, 2.05) is 50.2 Å². The number of thiophene rings is 1. The second-order valence-electron chi connectivity index (χ2n) is 9.26. The highest BCUT2D eigenvalue weighted by molar-refractivity contribution is 7.22. The van der Waals surface area contributed by atoms with Gasteiger partial charge in [-0.15, -0.1) is 21.5 Å². The maximum atomic E-state index is 14.7. The van der Waals surface area contributed by atoms with Gasteiger partial charge in [0.25, 0.3) is 4.66 Å². The quantitative estimate of drug-likeness (QED) is 0.285. The van der Waals surface area contributed by atoms with Gasteiger partial charge in [-0.2, -0.15) is 0 Å². The molecule has 9 nitrogen and oxygen atoms in total. The van der Waals surface area contributed by atoms with Crippen molar-refractivity contribution in [1.29, 1.82) is 0 Å². The fourth-order valence-electron chi connectivity index (χ4n) is 4.32. The number of rotatable bonds is 7. The van der Waals surface area contributed by atoms with Gasteiger partial charge < -0.3 is 9.64 Å². The van der Waals surface area contributed by atoms with Gasteiger partial charge in [-0.25, -0.2) is 8.78 Å². The second-order valence-corrected chi connectivity index (χ2v) is 10.3. The highest BCUT2D eigenvalue weighted by Gasteiger charge is 2.30. The third-order valence-electron chi connectivity index (χ3n) is 6.22. The maximum absolute atomic E-state index is 14.7. The lowest BCUT2D eigenvalue weighted by Gasteiger charge is -2.11. The Morgan fingerprint density at radius 1 is 1.00 bits per heavy atom. The summed E-state index contributed by atoms with van der Waals surface area (Å²) < 4.78 is 36.8. The molecule has 0 spiro atoms. The Morgan fingerprint density at radius 3 is 2.28 bits per heavy atom. The molecule has 5 aromatic rings. The molecule has 5 rings (SSSR count). The number of ether oxygens (including phenoxy) is 1. The number of hydrogen-bond acceptors (Lipinski definition) is 7. The summed E-state index contributed by atoms with van der Waals surface area (Å²) in [5.74, 6) is -1.49. The first-order valence-corrected chi connectivity index (χ1v) is 12.8. The highest BCUT2D eigenvalue weighted by atomic mass is 32.1. The summed E-state index contributed by atoms with van der Waals surface area (Å²) in [6, 6.07) is 14.2. The molecule has 12 heteroatoms. The van der Waals surface area contributed by atoms with Gasteiger partial charge in [0.1, 0.15) is 18.2 Å². The standard InChI is InChI=1S/C27H25F2N6O3S/c1-16-8-10-17(11-9-16)25-19(14-32(2)3)24-26(36)34(22-12-13-23(38-4)31-30-22)35(37)33(27(24)39-25)15-18-20(28)6-5-7-21(18)29/h5-13H,14-15H2,1-4H3/q+1. The Kier molecular flexibility index (Phi) is 7.06. The van der Waals surface area contributed by atoms with Crippen molar-refractivity contribution in [3.63, 3.8) is 0 Å². The average molecular weight is 552 g/mol. The minimum atomic E-state index is -0.804. The molecule has 0 saturated heterocycles. The van der Waals surface area contributed by atoms with E-state index in [1.165, 1.54) is 36.6 Å². The van der Waals surface area contributed by atoms with E-state index in [0.29, 0.717) is 12.1 Å². The van der Waals surface area contributed by atoms with Crippen LogP contribution < -0.4 is 15.0 Å². The molecule has 2 aromatic carbocycles. The molecule has 0 aliphatic heterocycles. The zero-order valence-corrected chi connectivity index (χ0v) is 22.5. The van der Waals surface area contributed by atoms with E-state index in [4.69, 9.17) is 4.74 Å². The van der Waals surface area contributed by atoms with Gasteiger partial charge in [-0.3, -0.25) is 4.79 Å². The normalized spacial score (nSPS) is 11.5. The van der Waals surface area contributed by atoms with Crippen molar-refractivity contribution >= 4 is 21.6 Å². The van der Waals surface area contributed by atoms with Crippen LogP contribution in [-0.2, 0) is 13.1 Å². The van der Waals surface area contributed by atoms with E-state index in [1.54, 1.807) is 0 Å². The number of benzene rings is 2. The molecule has 0 atom stereocenters. The summed E-state index contributed by atoms with van der Waals surface area (Å²) in [7, 11) is 5.16. The van der Waals surface area contributed by atoms with Crippen LogP contribution in [0.4, 0.5) is 8.78 Å². The molecule has 0 radical (unpaired) electrons. The van der Waals surface area contributed by atoms with Gasteiger partial charge in [0, 0.05) is 33.3 Å². The summed E-state index contributed by atoms with van der Waals surface area (Å²) in [5.41, 5.74) is 1.68. The van der Waals surface area contributed by atoms with Gasteiger partial charge in [0.15, 0.2) is 4.83 Å². The van der Waals surface area contributed by atoms with Crippen molar-refractivity contribution in [2.75, 3.05) is 21.2 Å². The molecule has 0 unspecified atom stereocenters. The van der Waals surface area contributed by atoms with E-state index in [2.05, 4.69) is 10.2 Å². The zero-order valence-electron chi connectivity index (χ0n) is 21.7. The number of methoxy groups -OCH3 is 1. The molecule has 0 amide bonds. The van der Waals surface area contributed by atoms with Crippen LogP contribution in [0.5, 0.6) is 5.88 Å². The maximum Gasteiger partial charge on any atom is 0.327 e. The molecule has 0 bridgehead atoms. The van der Waals surface area contributed by atoms with E-state index >= 15 is 0 Å². The number of aromatic nitrogens is 5. The van der Waals surface area contributed by atoms with Gasteiger partial charge in [-0.05, 0) is 44.8 Å². The summed E-state index contributed by atoms with van der Waals surface area (Å²) in [5, 5.41) is 8.14. The van der Waals surface area contributed by atoms with Crippen molar-refractivity contribution < 1.29 is 18.2 Å². The van der Waals surface area contributed by atoms with Crippen molar-refractivity contribution in [2.24, 2.45) is 0 Å². The summed E-state index contributed by atoms with van der Waals surface area (Å²) in [6.07, 6.45) is 0. The van der Waals surface area contributed by atoms with Crippen LogP contribution >= 0.6 is 11.3 Å². The molecule has 0 aliphatic rings. The van der Waals surface area contributed by atoms with Gasteiger partial charge >= 0.3 is 5.56 Å². The third-order valence-corrected chi connectivity index (χ3v) is 7.51. The topological polar surface area (TPSA) is 88.1 Å². The van der Waals surface area contributed by atoms with Crippen LogP contribution in [0.3, 0.4) is 0 Å². The van der Waals surface area contributed by atoms with Crippen molar-refractivity contribution in [3.8, 4) is 22.1 Å². The molecule has 200 valence electrons. The number of hydrogen-bond donors (Lipinski definition) is 0. The lowest BCUT2D eigenvalue weighted by Crippen LogP contribution is -2.48. The van der Waals surface area contributed by atoms with E-state index in [-0.39, 0.29) is 32.1 Å². The predicted molar refractivity (Wildman–Crippen MR) is 144 cm³/mol. The average Bonchev–Trinajstić information content (AvgIpc) is 3.27. The van der Waals surface area contributed by atoms with Crippen molar-refractivity contribution in [1.82, 2.24) is 24.5 Å². The molecule has 39 heavy (non-hydrogen) atoms. The Balaban J connectivity index is 1.89. The smallest absolute Gasteiger partial charge is 0.327 e. The third kappa shape index (κ3) is 4.84. The number of aryl methyl sites for hydroxylation is 1. The monoisotopic (exact) mass is 551 g/mol.